The first-order valence-electron chi connectivity index (χ1n) is 10.3. The third-order valence-corrected chi connectivity index (χ3v) is 6.02. The minimum absolute atomic E-state index is 0.177. The topological polar surface area (TPSA) is 59.8 Å². The number of anilines is 1. The zero-order chi connectivity index (χ0) is 21.5. The van der Waals surface area contributed by atoms with Gasteiger partial charge in [-0.1, -0.05) is 36.4 Å². The Bertz CT molecular complexity index is 1280. The Morgan fingerprint density at radius 2 is 1.75 bits per heavy atom. The number of hydrogen-bond donors (Lipinski definition) is 1. The van der Waals surface area contributed by atoms with E-state index < -0.39 is 0 Å². The van der Waals surface area contributed by atoms with Gasteiger partial charge in [0, 0.05) is 23.5 Å². The lowest BCUT2D eigenvalue weighted by molar-refractivity contribution is 0.174. The second-order valence-electron chi connectivity index (χ2n) is 7.60. The van der Waals surface area contributed by atoms with Crippen molar-refractivity contribution in [2.45, 2.75) is 12.1 Å². The van der Waals surface area contributed by atoms with E-state index >= 15 is 0 Å². The van der Waals surface area contributed by atoms with Crippen molar-refractivity contribution in [3.05, 3.63) is 96.5 Å². The summed E-state index contributed by atoms with van der Waals surface area (Å²) in [5.41, 5.74) is 2.81. The Hall–Kier alpha value is -3.84. The van der Waals surface area contributed by atoms with Crippen LogP contribution in [0.3, 0.4) is 0 Å². The quantitative estimate of drug-likeness (QED) is 0.434. The molecule has 7 heteroatoms. The van der Waals surface area contributed by atoms with Gasteiger partial charge in [-0.2, -0.15) is 0 Å². The third-order valence-electron chi connectivity index (χ3n) is 5.71. The highest BCUT2D eigenvalue weighted by molar-refractivity contribution is 7.80. The molecule has 0 amide bonds. The zero-order valence-corrected chi connectivity index (χ0v) is 17.8. The maximum atomic E-state index is 6.37. The SMILES string of the molecule is S=C1NC(c2ccccn2)C(c2ccc(-c3ccccc3)o2)N1c1ccc2c(c1)OCO2. The summed E-state index contributed by atoms with van der Waals surface area (Å²) in [6.45, 7) is 0.222. The lowest BCUT2D eigenvalue weighted by atomic mass is 10.0. The maximum absolute atomic E-state index is 6.37. The molecule has 0 bridgehead atoms. The molecular formula is C25H19N3O3S. The highest BCUT2D eigenvalue weighted by Gasteiger charge is 2.43. The van der Waals surface area contributed by atoms with Crippen molar-refractivity contribution in [1.29, 1.82) is 0 Å². The van der Waals surface area contributed by atoms with Crippen molar-refractivity contribution >= 4 is 23.0 Å². The van der Waals surface area contributed by atoms with Crippen LogP contribution in [0.2, 0.25) is 0 Å². The van der Waals surface area contributed by atoms with Crippen LogP contribution in [0.4, 0.5) is 5.69 Å². The Morgan fingerprint density at radius 1 is 0.906 bits per heavy atom. The molecule has 0 spiro atoms. The van der Waals surface area contributed by atoms with E-state index in [0.29, 0.717) is 10.9 Å². The van der Waals surface area contributed by atoms with Crippen molar-refractivity contribution in [3.8, 4) is 22.8 Å². The van der Waals surface area contributed by atoms with Crippen LogP contribution in [0.5, 0.6) is 11.5 Å². The van der Waals surface area contributed by atoms with E-state index in [4.69, 9.17) is 26.1 Å². The first-order valence-corrected chi connectivity index (χ1v) is 10.7. The summed E-state index contributed by atoms with van der Waals surface area (Å²) >= 11 is 5.78. The van der Waals surface area contributed by atoms with Gasteiger partial charge >= 0.3 is 0 Å². The van der Waals surface area contributed by atoms with Crippen LogP contribution in [-0.2, 0) is 0 Å². The molecule has 2 atom stereocenters. The van der Waals surface area contributed by atoms with Gasteiger partial charge in [0.15, 0.2) is 16.6 Å². The standard InChI is InChI=1S/C25H19N3O3S/c32-25-27-23(18-8-4-5-13-26-18)24(21-12-11-19(31-21)16-6-2-1-3-7-16)28(25)17-9-10-20-22(14-17)30-15-29-20/h1-14,23-24H,15H2,(H,27,32). The van der Waals surface area contributed by atoms with E-state index in [1.165, 1.54) is 0 Å². The molecule has 2 aliphatic rings. The van der Waals surface area contributed by atoms with E-state index in [1.54, 1.807) is 6.20 Å². The minimum Gasteiger partial charge on any atom is -0.459 e. The molecule has 2 aromatic carbocycles. The number of hydrogen-bond acceptors (Lipinski definition) is 5. The monoisotopic (exact) mass is 441 g/mol. The van der Waals surface area contributed by atoms with Gasteiger partial charge in [0.1, 0.15) is 17.6 Å². The van der Waals surface area contributed by atoms with Crippen LogP contribution in [0, 0.1) is 0 Å². The smallest absolute Gasteiger partial charge is 0.231 e. The van der Waals surface area contributed by atoms with Gasteiger partial charge in [0.25, 0.3) is 0 Å². The van der Waals surface area contributed by atoms with Crippen molar-refractivity contribution < 1.29 is 13.9 Å². The second-order valence-corrected chi connectivity index (χ2v) is 7.99. The van der Waals surface area contributed by atoms with Gasteiger partial charge in [-0.05, 0) is 48.6 Å². The van der Waals surface area contributed by atoms with E-state index in [1.807, 2.05) is 78.9 Å². The number of benzene rings is 2. The predicted octanol–water partition coefficient (Wildman–Crippen LogP) is 5.25. The van der Waals surface area contributed by atoms with E-state index in [9.17, 15) is 0 Å². The summed E-state index contributed by atoms with van der Waals surface area (Å²) < 4.78 is 17.5. The van der Waals surface area contributed by atoms with Crippen molar-refractivity contribution in [3.63, 3.8) is 0 Å². The Labute approximate surface area is 190 Å². The molecule has 32 heavy (non-hydrogen) atoms. The molecule has 6 nitrogen and oxygen atoms in total. The molecule has 0 radical (unpaired) electrons. The number of furan rings is 1. The summed E-state index contributed by atoms with van der Waals surface area (Å²) in [7, 11) is 0. The highest BCUT2D eigenvalue weighted by atomic mass is 32.1. The molecule has 6 rings (SSSR count). The summed E-state index contributed by atoms with van der Waals surface area (Å²) in [6.07, 6.45) is 1.79. The number of aromatic nitrogens is 1. The maximum Gasteiger partial charge on any atom is 0.231 e. The first kappa shape index (κ1) is 18.9. The van der Waals surface area contributed by atoms with Crippen LogP contribution < -0.4 is 19.7 Å². The molecule has 2 aliphatic heterocycles. The fourth-order valence-electron chi connectivity index (χ4n) is 4.23. The van der Waals surface area contributed by atoms with E-state index in [0.717, 1.165) is 34.2 Å². The van der Waals surface area contributed by atoms with Crippen LogP contribution >= 0.6 is 12.2 Å². The van der Waals surface area contributed by atoms with E-state index in [-0.39, 0.29) is 18.9 Å². The number of fused-ring (bicyclic) bond motifs is 1. The number of nitrogens with zero attached hydrogens (tertiary/aromatic N) is 2. The van der Waals surface area contributed by atoms with Crippen molar-refractivity contribution in [2.24, 2.45) is 0 Å². The summed E-state index contributed by atoms with van der Waals surface area (Å²) in [5.74, 6) is 3.04. The normalized spacial score (nSPS) is 19.2. The summed E-state index contributed by atoms with van der Waals surface area (Å²) in [4.78, 5) is 6.65. The Kier molecular flexibility index (Phi) is 4.54. The molecule has 1 fully saturated rings. The molecule has 2 aromatic heterocycles. The molecule has 0 aliphatic carbocycles. The zero-order valence-electron chi connectivity index (χ0n) is 17.0. The second kappa shape index (κ2) is 7.69. The molecule has 4 heterocycles. The van der Waals surface area contributed by atoms with E-state index in [2.05, 4.69) is 15.2 Å². The highest BCUT2D eigenvalue weighted by Crippen LogP contribution is 2.45. The molecule has 1 N–H and O–H groups in total. The Morgan fingerprint density at radius 3 is 2.59 bits per heavy atom. The third kappa shape index (κ3) is 3.18. The molecular weight excluding hydrogens is 422 g/mol. The summed E-state index contributed by atoms with van der Waals surface area (Å²) in [6, 6.07) is 25.4. The lowest BCUT2D eigenvalue weighted by Gasteiger charge is -2.26. The fraction of sp³-hybridized carbons (Fsp3) is 0.120. The number of pyridine rings is 1. The lowest BCUT2D eigenvalue weighted by Crippen LogP contribution is -2.29. The first-order chi connectivity index (χ1) is 15.8. The van der Waals surface area contributed by atoms with Gasteiger partial charge in [-0.3, -0.25) is 4.98 Å². The van der Waals surface area contributed by atoms with Crippen LogP contribution in [-0.4, -0.2) is 16.9 Å². The Balaban J connectivity index is 1.45. The van der Waals surface area contributed by atoms with Gasteiger partial charge in [0.2, 0.25) is 6.79 Å². The van der Waals surface area contributed by atoms with Gasteiger partial charge in [-0.15, -0.1) is 0 Å². The number of rotatable bonds is 4. The van der Waals surface area contributed by atoms with Crippen molar-refractivity contribution in [1.82, 2.24) is 10.3 Å². The summed E-state index contributed by atoms with van der Waals surface area (Å²) in [5, 5.41) is 4.05. The van der Waals surface area contributed by atoms with Gasteiger partial charge < -0.3 is 24.1 Å². The van der Waals surface area contributed by atoms with Crippen LogP contribution in [0.25, 0.3) is 11.3 Å². The fourth-order valence-corrected chi connectivity index (χ4v) is 4.57. The van der Waals surface area contributed by atoms with Crippen LogP contribution in [0.1, 0.15) is 23.5 Å². The molecule has 1 saturated heterocycles. The van der Waals surface area contributed by atoms with Crippen molar-refractivity contribution in [2.75, 3.05) is 11.7 Å². The number of nitrogens with one attached hydrogen (secondary N) is 1. The van der Waals surface area contributed by atoms with Gasteiger partial charge in [-0.25, -0.2) is 0 Å². The largest absolute Gasteiger partial charge is 0.459 e. The minimum atomic E-state index is -0.227. The molecule has 0 saturated carbocycles. The molecule has 4 aromatic rings. The average molecular weight is 442 g/mol. The number of thiocarbonyl (C=S) groups is 1. The average Bonchev–Trinajstić information content (AvgIpc) is 3.58. The molecule has 2 unspecified atom stereocenters. The predicted molar refractivity (Wildman–Crippen MR) is 125 cm³/mol. The van der Waals surface area contributed by atoms with Crippen LogP contribution in [0.15, 0.2) is 89.5 Å². The molecule has 158 valence electrons. The number of ether oxygens (including phenoxy) is 2. The van der Waals surface area contributed by atoms with Gasteiger partial charge in [0.05, 0.1) is 11.7 Å².